The van der Waals surface area contributed by atoms with Crippen molar-refractivity contribution in [3.8, 4) is 0 Å². The number of carbonyl (C=O) groups is 1. The van der Waals surface area contributed by atoms with Crippen molar-refractivity contribution in [2.75, 3.05) is 0 Å². The summed E-state index contributed by atoms with van der Waals surface area (Å²) in [5.41, 5.74) is 2.63. The summed E-state index contributed by atoms with van der Waals surface area (Å²) >= 11 is 0. The van der Waals surface area contributed by atoms with Crippen molar-refractivity contribution < 1.29 is 9.90 Å². The van der Waals surface area contributed by atoms with Gasteiger partial charge in [-0.3, -0.25) is 0 Å². The maximum absolute atomic E-state index is 11.3. The van der Waals surface area contributed by atoms with Crippen molar-refractivity contribution in [3.05, 3.63) is 35.5 Å². The number of carboxylic acid groups (broad SMARTS) is 1. The van der Waals surface area contributed by atoms with Crippen molar-refractivity contribution in [2.45, 2.75) is 33.2 Å². The fourth-order valence-corrected chi connectivity index (χ4v) is 2.35. The molecule has 0 fully saturated rings. The molecular formula is C14H17NO2. The number of carboxylic acids is 1. The molecule has 0 bridgehead atoms. The van der Waals surface area contributed by atoms with Gasteiger partial charge in [0, 0.05) is 11.4 Å². The minimum absolute atomic E-state index is 0.145. The minimum Gasteiger partial charge on any atom is -0.477 e. The molecule has 90 valence electrons. The standard InChI is InChI=1S/C14H17NO2/c1-4-10-6-5-7-11-8-12(14(16)17)15(9(2)3)13(10)11/h5-9H,4H2,1-3H3,(H,16,17). The van der Waals surface area contributed by atoms with Crippen LogP contribution in [0.15, 0.2) is 24.3 Å². The molecule has 1 N–H and O–H groups in total. The summed E-state index contributed by atoms with van der Waals surface area (Å²) < 4.78 is 1.91. The fourth-order valence-electron chi connectivity index (χ4n) is 2.35. The summed E-state index contributed by atoms with van der Waals surface area (Å²) in [6.45, 7) is 6.11. The van der Waals surface area contributed by atoms with Gasteiger partial charge >= 0.3 is 5.97 Å². The molecule has 2 aromatic rings. The maximum atomic E-state index is 11.3. The predicted octanol–water partition coefficient (Wildman–Crippen LogP) is 3.48. The lowest BCUT2D eigenvalue weighted by Crippen LogP contribution is -2.11. The second-order valence-electron chi connectivity index (χ2n) is 4.51. The Kier molecular flexibility index (Phi) is 2.92. The van der Waals surface area contributed by atoms with Gasteiger partial charge in [-0.2, -0.15) is 0 Å². The van der Waals surface area contributed by atoms with Crippen LogP contribution in [0.3, 0.4) is 0 Å². The van der Waals surface area contributed by atoms with Crippen LogP contribution in [0.5, 0.6) is 0 Å². The Morgan fingerprint density at radius 2 is 2.12 bits per heavy atom. The number of aromatic nitrogens is 1. The Morgan fingerprint density at radius 3 is 2.65 bits per heavy atom. The molecule has 0 saturated heterocycles. The molecule has 0 spiro atoms. The number of aromatic carboxylic acids is 1. The Morgan fingerprint density at radius 1 is 1.41 bits per heavy atom. The lowest BCUT2D eigenvalue weighted by Gasteiger charge is -2.14. The first-order chi connectivity index (χ1) is 8.06. The zero-order chi connectivity index (χ0) is 12.6. The van der Waals surface area contributed by atoms with Crippen LogP contribution < -0.4 is 0 Å². The first-order valence-corrected chi connectivity index (χ1v) is 5.92. The average Bonchev–Trinajstić information content (AvgIpc) is 2.67. The first-order valence-electron chi connectivity index (χ1n) is 5.92. The van der Waals surface area contributed by atoms with Crippen LogP contribution in [0.2, 0.25) is 0 Å². The van der Waals surface area contributed by atoms with Crippen LogP contribution in [0.4, 0.5) is 0 Å². The SMILES string of the molecule is CCc1cccc2cc(C(=O)O)n(C(C)C)c12. The van der Waals surface area contributed by atoms with E-state index >= 15 is 0 Å². The molecule has 1 aromatic carbocycles. The molecule has 0 aliphatic carbocycles. The highest BCUT2D eigenvalue weighted by Crippen LogP contribution is 2.27. The summed E-state index contributed by atoms with van der Waals surface area (Å²) in [5.74, 6) is -0.864. The number of aryl methyl sites for hydroxylation is 1. The van der Waals surface area contributed by atoms with E-state index in [2.05, 4.69) is 13.0 Å². The predicted molar refractivity (Wildman–Crippen MR) is 68.7 cm³/mol. The van der Waals surface area contributed by atoms with Gasteiger partial charge in [-0.05, 0) is 31.9 Å². The largest absolute Gasteiger partial charge is 0.477 e. The Labute approximate surface area is 101 Å². The maximum Gasteiger partial charge on any atom is 0.352 e. The van der Waals surface area contributed by atoms with Crippen molar-refractivity contribution in [3.63, 3.8) is 0 Å². The van der Waals surface area contributed by atoms with Crippen LogP contribution >= 0.6 is 0 Å². The minimum atomic E-state index is -0.864. The third kappa shape index (κ3) is 1.82. The molecular weight excluding hydrogens is 214 g/mol. The van der Waals surface area contributed by atoms with Gasteiger partial charge in [-0.15, -0.1) is 0 Å². The van der Waals surface area contributed by atoms with Crippen LogP contribution in [-0.4, -0.2) is 15.6 Å². The van der Waals surface area contributed by atoms with Crippen molar-refractivity contribution >= 4 is 16.9 Å². The molecule has 0 unspecified atom stereocenters. The molecule has 0 aliphatic rings. The van der Waals surface area contributed by atoms with Crippen LogP contribution in [-0.2, 0) is 6.42 Å². The van der Waals surface area contributed by atoms with E-state index < -0.39 is 5.97 Å². The lowest BCUT2D eigenvalue weighted by atomic mass is 10.1. The van der Waals surface area contributed by atoms with Gasteiger partial charge in [0.2, 0.25) is 0 Å². The van der Waals surface area contributed by atoms with Gasteiger partial charge in [0.05, 0.1) is 5.52 Å². The van der Waals surface area contributed by atoms with Crippen molar-refractivity contribution in [1.29, 1.82) is 0 Å². The zero-order valence-electron chi connectivity index (χ0n) is 10.4. The van der Waals surface area contributed by atoms with E-state index in [0.29, 0.717) is 5.69 Å². The van der Waals surface area contributed by atoms with Gasteiger partial charge < -0.3 is 9.67 Å². The summed E-state index contributed by atoms with van der Waals surface area (Å²) in [4.78, 5) is 11.3. The Hall–Kier alpha value is -1.77. The number of nitrogens with zero attached hydrogens (tertiary/aromatic N) is 1. The number of rotatable bonds is 3. The molecule has 3 nitrogen and oxygen atoms in total. The zero-order valence-corrected chi connectivity index (χ0v) is 10.4. The third-order valence-corrected chi connectivity index (χ3v) is 3.06. The summed E-state index contributed by atoms with van der Waals surface area (Å²) in [6, 6.07) is 7.92. The molecule has 0 saturated carbocycles. The quantitative estimate of drug-likeness (QED) is 0.878. The molecule has 0 radical (unpaired) electrons. The lowest BCUT2D eigenvalue weighted by molar-refractivity contribution is 0.0684. The molecule has 0 atom stereocenters. The molecule has 1 heterocycles. The molecule has 1 aromatic heterocycles. The van der Waals surface area contributed by atoms with Gasteiger partial charge in [0.1, 0.15) is 5.69 Å². The first kappa shape index (κ1) is 11.7. The monoisotopic (exact) mass is 231 g/mol. The van der Waals surface area contributed by atoms with Gasteiger partial charge in [-0.1, -0.05) is 25.1 Å². The topological polar surface area (TPSA) is 42.2 Å². The van der Waals surface area contributed by atoms with E-state index in [-0.39, 0.29) is 6.04 Å². The highest BCUT2D eigenvalue weighted by Gasteiger charge is 2.18. The molecule has 0 amide bonds. The molecule has 0 aliphatic heterocycles. The average molecular weight is 231 g/mol. The van der Waals surface area contributed by atoms with Crippen molar-refractivity contribution in [1.82, 2.24) is 4.57 Å². The molecule has 3 heteroatoms. The van der Waals surface area contributed by atoms with Crippen LogP contribution in [0.1, 0.15) is 42.9 Å². The van der Waals surface area contributed by atoms with Crippen LogP contribution in [0.25, 0.3) is 10.9 Å². The number of benzene rings is 1. The van der Waals surface area contributed by atoms with Gasteiger partial charge in [0.25, 0.3) is 0 Å². The number of para-hydroxylation sites is 1. The molecule has 17 heavy (non-hydrogen) atoms. The third-order valence-electron chi connectivity index (χ3n) is 3.06. The van der Waals surface area contributed by atoms with Crippen molar-refractivity contribution in [2.24, 2.45) is 0 Å². The van der Waals surface area contributed by atoms with E-state index in [0.717, 1.165) is 17.3 Å². The number of hydrogen-bond donors (Lipinski definition) is 1. The number of hydrogen-bond acceptors (Lipinski definition) is 1. The van der Waals surface area contributed by atoms with Gasteiger partial charge in [0.15, 0.2) is 0 Å². The van der Waals surface area contributed by atoms with E-state index in [1.807, 2.05) is 30.5 Å². The Balaban J connectivity index is 2.86. The Bertz CT molecular complexity index is 567. The van der Waals surface area contributed by atoms with E-state index in [4.69, 9.17) is 0 Å². The van der Waals surface area contributed by atoms with Crippen LogP contribution in [0, 0.1) is 0 Å². The fraction of sp³-hybridized carbons (Fsp3) is 0.357. The van der Waals surface area contributed by atoms with E-state index in [1.165, 1.54) is 5.56 Å². The highest BCUT2D eigenvalue weighted by molar-refractivity contribution is 5.95. The summed E-state index contributed by atoms with van der Waals surface area (Å²) in [6.07, 6.45) is 0.910. The second kappa shape index (κ2) is 4.24. The second-order valence-corrected chi connectivity index (χ2v) is 4.51. The summed E-state index contributed by atoms with van der Waals surface area (Å²) in [5, 5.41) is 10.3. The smallest absolute Gasteiger partial charge is 0.352 e. The van der Waals surface area contributed by atoms with E-state index in [9.17, 15) is 9.90 Å². The highest BCUT2D eigenvalue weighted by atomic mass is 16.4. The van der Waals surface area contributed by atoms with Gasteiger partial charge in [-0.25, -0.2) is 4.79 Å². The van der Waals surface area contributed by atoms with E-state index in [1.54, 1.807) is 6.07 Å². The normalized spacial score (nSPS) is 11.3. The number of fused-ring (bicyclic) bond motifs is 1. The molecule has 2 rings (SSSR count). The summed E-state index contributed by atoms with van der Waals surface area (Å²) in [7, 11) is 0.